The molecule has 0 spiro atoms. The molecule has 45 heavy (non-hydrogen) atoms. The summed E-state index contributed by atoms with van der Waals surface area (Å²) in [7, 11) is 0. The van der Waals surface area contributed by atoms with Crippen LogP contribution >= 0.6 is 0 Å². The van der Waals surface area contributed by atoms with Crippen molar-refractivity contribution in [3.05, 3.63) is 120 Å². The number of aromatic nitrogens is 3. The van der Waals surface area contributed by atoms with Crippen molar-refractivity contribution in [1.29, 1.82) is 5.26 Å². The van der Waals surface area contributed by atoms with Gasteiger partial charge in [-0.2, -0.15) is 0 Å². The Balaban J connectivity index is 0.00000400. The molecular weight excluding hydrogens is 736 g/mol. The Kier molecular flexibility index (Phi) is 8.58. The number of imidazole rings is 1. The smallest absolute Gasteiger partial charge is 0.148 e. The Bertz CT molecular complexity index is 2040. The van der Waals surface area contributed by atoms with Crippen molar-refractivity contribution in [1.82, 2.24) is 14.5 Å². The summed E-state index contributed by atoms with van der Waals surface area (Å²) in [6.07, 6.45) is 1.75. The number of fused-ring (bicyclic) bond motifs is 1. The molecule has 0 aliphatic rings. The molecule has 0 amide bonds. The fraction of sp³-hybridized carbons (Fsp3) is 0.205. The van der Waals surface area contributed by atoms with E-state index in [2.05, 4.69) is 75.4 Å². The second-order valence-corrected chi connectivity index (χ2v) is 13.2. The third-order valence-electron chi connectivity index (χ3n) is 8.00. The normalized spacial score (nSPS) is 11.7. The zero-order chi connectivity index (χ0) is 31.2. The first kappa shape index (κ1) is 31.9. The number of nitrogens with zero attached hydrogens (tertiary/aromatic N) is 4. The predicted molar refractivity (Wildman–Crippen MR) is 178 cm³/mol. The number of hydrogen-bond donors (Lipinski definition) is 1. The third-order valence-corrected chi connectivity index (χ3v) is 8.00. The van der Waals surface area contributed by atoms with Crippen molar-refractivity contribution >= 4 is 11.0 Å². The second kappa shape index (κ2) is 12.1. The SMILES string of the molecule is CC(C)(C)c1cc(-c2nc3c(-c4[c-]c(-c5ccccn5)ccc4C#N)cccc3n2-c2ccccc2)c(O)c(C(C)(C)C)c1.[Pt]. The molecule has 0 unspecified atom stereocenters. The number of phenols is 1. The number of benzene rings is 4. The first-order chi connectivity index (χ1) is 21.0. The zero-order valence-electron chi connectivity index (χ0n) is 26.3. The number of hydrogen-bond acceptors (Lipinski definition) is 4. The second-order valence-electron chi connectivity index (χ2n) is 13.2. The molecule has 5 nitrogen and oxygen atoms in total. The van der Waals surface area contributed by atoms with Crippen molar-refractivity contribution in [3.63, 3.8) is 0 Å². The number of nitriles is 1. The average Bonchev–Trinajstić information content (AvgIpc) is 3.40. The molecule has 6 aromatic rings. The van der Waals surface area contributed by atoms with E-state index in [1.165, 1.54) is 0 Å². The van der Waals surface area contributed by atoms with Gasteiger partial charge < -0.3 is 5.11 Å². The van der Waals surface area contributed by atoms with Crippen LogP contribution in [0.25, 0.3) is 50.5 Å². The molecule has 0 aliphatic heterocycles. The Morgan fingerprint density at radius 3 is 2.18 bits per heavy atom. The van der Waals surface area contributed by atoms with Gasteiger partial charge in [0, 0.05) is 44.2 Å². The average molecular weight is 771 g/mol. The summed E-state index contributed by atoms with van der Waals surface area (Å²) in [5.74, 6) is 0.855. The van der Waals surface area contributed by atoms with Crippen LogP contribution < -0.4 is 0 Å². The van der Waals surface area contributed by atoms with Crippen molar-refractivity contribution in [2.45, 2.75) is 52.4 Å². The first-order valence-electron chi connectivity index (χ1n) is 14.8. The number of rotatable bonds is 4. The minimum absolute atomic E-state index is 0. The number of aromatic hydroxyl groups is 1. The Hall–Kier alpha value is -4.52. The standard InChI is InChI=1S/C39H35N4O.Pt/c1-38(2,3)27-22-31(36(44)32(23-27)39(4,5)6)37-42-35-29(15-12-17-34(35)43(37)28-13-8-7-9-14-28)30-21-25(18-19-26(30)24-40)33-16-10-11-20-41-33;/h7-20,22-23,44H,1-6H3;/q-1;. The Morgan fingerprint density at radius 2 is 1.53 bits per heavy atom. The van der Waals surface area contributed by atoms with Gasteiger partial charge in [0.05, 0.1) is 22.7 Å². The topological polar surface area (TPSA) is 74.7 Å². The summed E-state index contributed by atoms with van der Waals surface area (Å²) in [6, 6.07) is 35.5. The molecule has 0 saturated carbocycles. The van der Waals surface area contributed by atoms with Crippen LogP contribution in [0.4, 0.5) is 0 Å². The van der Waals surface area contributed by atoms with E-state index in [0.29, 0.717) is 22.5 Å². The number of phenolic OH excluding ortho intramolecular Hbond substituents is 1. The fourth-order valence-corrected chi connectivity index (χ4v) is 5.60. The molecule has 6 rings (SSSR count). The maximum atomic E-state index is 11.9. The predicted octanol–water partition coefficient (Wildman–Crippen LogP) is 9.39. The Morgan fingerprint density at radius 1 is 0.800 bits per heavy atom. The van der Waals surface area contributed by atoms with Crippen LogP contribution in [-0.4, -0.2) is 19.6 Å². The fourth-order valence-electron chi connectivity index (χ4n) is 5.60. The van der Waals surface area contributed by atoms with E-state index < -0.39 is 0 Å². The van der Waals surface area contributed by atoms with Crippen molar-refractivity contribution < 1.29 is 26.2 Å². The number of pyridine rings is 1. The van der Waals surface area contributed by atoms with Crippen LogP contribution in [-0.2, 0) is 31.9 Å². The van der Waals surface area contributed by atoms with Crippen molar-refractivity contribution in [2.75, 3.05) is 0 Å². The maximum Gasteiger partial charge on any atom is 0.148 e. The molecule has 2 aromatic heterocycles. The van der Waals surface area contributed by atoms with E-state index in [-0.39, 0.29) is 37.6 Å². The summed E-state index contributed by atoms with van der Waals surface area (Å²) < 4.78 is 2.10. The van der Waals surface area contributed by atoms with Crippen LogP contribution in [0.3, 0.4) is 0 Å². The van der Waals surface area contributed by atoms with Gasteiger partial charge in [-0.05, 0) is 52.3 Å². The number of para-hydroxylation sites is 2. The van der Waals surface area contributed by atoms with Gasteiger partial charge in [0.2, 0.25) is 0 Å². The molecule has 0 bridgehead atoms. The molecule has 4 aromatic carbocycles. The molecule has 0 fully saturated rings. The van der Waals surface area contributed by atoms with Crippen LogP contribution in [0.15, 0.2) is 97.2 Å². The summed E-state index contributed by atoms with van der Waals surface area (Å²) in [5, 5.41) is 22.0. The van der Waals surface area contributed by atoms with Gasteiger partial charge in [0.1, 0.15) is 11.6 Å². The summed E-state index contributed by atoms with van der Waals surface area (Å²) in [5.41, 5.74) is 8.23. The molecule has 6 heteroatoms. The van der Waals surface area contributed by atoms with E-state index >= 15 is 0 Å². The van der Waals surface area contributed by atoms with Gasteiger partial charge in [0.25, 0.3) is 0 Å². The molecule has 1 N–H and O–H groups in total. The maximum absolute atomic E-state index is 11.9. The van der Waals surface area contributed by atoms with Gasteiger partial charge in [0.15, 0.2) is 0 Å². The monoisotopic (exact) mass is 770 g/mol. The molecule has 2 heterocycles. The van der Waals surface area contributed by atoms with Gasteiger partial charge in [-0.3, -0.25) is 9.55 Å². The molecule has 0 aliphatic carbocycles. The van der Waals surface area contributed by atoms with Gasteiger partial charge in [-0.1, -0.05) is 107 Å². The van der Waals surface area contributed by atoms with Crippen LogP contribution in [0, 0.1) is 17.4 Å². The minimum atomic E-state index is -0.294. The van der Waals surface area contributed by atoms with E-state index in [4.69, 9.17) is 4.98 Å². The molecule has 0 radical (unpaired) electrons. The van der Waals surface area contributed by atoms with E-state index in [1.54, 1.807) is 6.20 Å². The summed E-state index contributed by atoms with van der Waals surface area (Å²) >= 11 is 0. The molecular formula is C39H35N4OPt-. The third kappa shape index (κ3) is 5.96. The van der Waals surface area contributed by atoms with Gasteiger partial charge in [-0.15, -0.1) is 18.2 Å². The van der Waals surface area contributed by atoms with Crippen molar-refractivity contribution in [2.24, 2.45) is 0 Å². The molecule has 0 atom stereocenters. The van der Waals surface area contributed by atoms with E-state index in [9.17, 15) is 10.4 Å². The molecule has 228 valence electrons. The zero-order valence-corrected chi connectivity index (χ0v) is 28.6. The quantitative estimate of drug-likeness (QED) is 0.182. The van der Waals surface area contributed by atoms with E-state index in [0.717, 1.165) is 44.7 Å². The van der Waals surface area contributed by atoms with Crippen molar-refractivity contribution in [3.8, 4) is 51.3 Å². The van der Waals surface area contributed by atoms with Crippen LogP contribution in [0.1, 0.15) is 58.2 Å². The minimum Gasteiger partial charge on any atom is -0.507 e. The molecule has 0 saturated heterocycles. The van der Waals surface area contributed by atoms with Gasteiger partial charge >= 0.3 is 0 Å². The Labute approximate surface area is 279 Å². The summed E-state index contributed by atoms with van der Waals surface area (Å²) in [4.78, 5) is 9.78. The van der Waals surface area contributed by atoms with Crippen LogP contribution in [0.2, 0.25) is 0 Å². The largest absolute Gasteiger partial charge is 0.507 e. The van der Waals surface area contributed by atoms with Gasteiger partial charge in [-0.25, -0.2) is 10.2 Å². The first-order valence-corrected chi connectivity index (χ1v) is 14.8. The van der Waals surface area contributed by atoms with E-state index in [1.807, 2.05) is 78.9 Å². The van der Waals surface area contributed by atoms with Crippen LogP contribution in [0.5, 0.6) is 5.75 Å². The summed E-state index contributed by atoms with van der Waals surface area (Å²) in [6.45, 7) is 12.9.